The van der Waals surface area contributed by atoms with Gasteiger partial charge < -0.3 is 5.11 Å². The van der Waals surface area contributed by atoms with Crippen LogP contribution in [-0.2, 0) is 16.8 Å². The Hall–Kier alpha value is -1.90. The van der Waals surface area contributed by atoms with E-state index in [4.69, 9.17) is 5.11 Å². The van der Waals surface area contributed by atoms with Crippen LogP contribution >= 0.6 is 11.5 Å². The van der Waals surface area contributed by atoms with Crippen molar-refractivity contribution in [3.05, 3.63) is 5.69 Å². The van der Waals surface area contributed by atoms with Gasteiger partial charge in [-0.15, -0.1) is 10.2 Å². The number of hydrogen-bond acceptors (Lipinski definition) is 7. The van der Waals surface area contributed by atoms with Crippen molar-refractivity contribution >= 4 is 17.5 Å². The number of aliphatic carboxylic acids is 1. The quantitative estimate of drug-likeness (QED) is 0.893. The summed E-state index contributed by atoms with van der Waals surface area (Å²) in [5, 5.41) is 24.7. The average molecular weight is 310 g/mol. The van der Waals surface area contributed by atoms with Crippen molar-refractivity contribution in [1.82, 2.24) is 29.8 Å². The third-order valence-corrected chi connectivity index (χ3v) is 3.66. The van der Waals surface area contributed by atoms with Gasteiger partial charge in [0, 0.05) is 18.4 Å². The Balaban J connectivity index is 2.29. The molecule has 0 aliphatic heterocycles. The molecule has 114 valence electrons. The molecule has 2 heterocycles. The molecule has 0 spiro atoms. The lowest BCUT2D eigenvalue weighted by molar-refractivity contribution is -0.138. The van der Waals surface area contributed by atoms with Crippen LogP contribution in [0.15, 0.2) is 0 Å². The van der Waals surface area contributed by atoms with E-state index in [1.54, 1.807) is 4.68 Å². The molecular formula is C12H18N6O2S. The van der Waals surface area contributed by atoms with Gasteiger partial charge in [-0.05, 0) is 27.9 Å². The molecule has 0 fully saturated rings. The lowest BCUT2D eigenvalue weighted by Crippen LogP contribution is -2.16. The minimum atomic E-state index is -0.827. The molecule has 2 aromatic heterocycles. The van der Waals surface area contributed by atoms with Crippen molar-refractivity contribution in [3.63, 3.8) is 0 Å². The fourth-order valence-corrected chi connectivity index (χ4v) is 2.84. The first-order chi connectivity index (χ1) is 9.79. The fraction of sp³-hybridized carbons (Fsp3) is 0.667. The highest BCUT2D eigenvalue weighted by molar-refractivity contribution is 7.09. The molecule has 1 atom stereocenters. The summed E-state index contributed by atoms with van der Waals surface area (Å²) in [6, 6.07) is 0. The number of aromatic nitrogens is 6. The summed E-state index contributed by atoms with van der Waals surface area (Å²) in [6.07, 6.45) is 0.0758. The van der Waals surface area contributed by atoms with Gasteiger partial charge in [-0.2, -0.15) is 0 Å². The van der Waals surface area contributed by atoms with Crippen molar-refractivity contribution in [3.8, 4) is 10.7 Å². The number of carboxylic acid groups (broad SMARTS) is 1. The van der Waals surface area contributed by atoms with E-state index in [1.807, 2.05) is 6.92 Å². The Bertz CT molecular complexity index is 630. The van der Waals surface area contributed by atoms with Crippen molar-refractivity contribution in [2.45, 2.75) is 46.1 Å². The van der Waals surface area contributed by atoms with Gasteiger partial charge in [0.15, 0.2) is 5.82 Å². The molecule has 0 saturated carbocycles. The van der Waals surface area contributed by atoms with Crippen molar-refractivity contribution in [2.24, 2.45) is 5.92 Å². The van der Waals surface area contributed by atoms with Gasteiger partial charge >= 0.3 is 5.97 Å². The summed E-state index contributed by atoms with van der Waals surface area (Å²) in [4.78, 5) is 11.6. The van der Waals surface area contributed by atoms with Crippen molar-refractivity contribution < 1.29 is 9.90 Å². The molecule has 9 heteroatoms. The normalized spacial score (nSPS) is 13.3. The van der Waals surface area contributed by atoms with Crippen LogP contribution in [0.3, 0.4) is 0 Å². The van der Waals surface area contributed by atoms with E-state index in [1.165, 1.54) is 11.5 Å². The molecule has 0 bridgehead atoms. The smallest absolute Gasteiger partial charge is 0.303 e. The van der Waals surface area contributed by atoms with Crippen LogP contribution in [0, 0.1) is 5.92 Å². The maximum Gasteiger partial charge on any atom is 0.303 e. The van der Waals surface area contributed by atoms with Crippen LogP contribution in [0.4, 0.5) is 0 Å². The van der Waals surface area contributed by atoms with E-state index in [2.05, 4.69) is 45.9 Å². The van der Waals surface area contributed by atoms with E-state index >= 15 is 0 Å². The molecule has 2 aromatic rings. The maximum atomic E-state index is 10.8. The summed E-state index contributed by atoms with van der Waals surface area (Å²) in [5.74, 6) is -0.303. The molecule has 0 aliphatic rings. The monoisotopic (exact) mass is 310 g/mol. The van der Waals surface area contributed by atoms with Gasteiger partial charge in [0.1, 0.15) is 4.88 Å². The van der Waals surface area contributed by atoms with Crippen molar-refractivity contribution in [2.75, 3.05) is 0 Å². The summed E-state index contributed by atoms with van der Waals surface area (Å²) in [5.41, 5.74) is 0.681. The number of nitrogens with zero attached hydrogens (tertiary/aromatic N) is 6. The van der Waals surface area contributed by atoms with Gasteiger partial charge in [0.05, 0.1) is 5.69 Å². The summed E-state index contributed by atoms with van der Waals surface area (Å²) < 4.78 is 5.62. The lowest BCUT2D eigenvalue weighted by atomic mass is 9.91. The van der Waals surface area contributed by atoms with Crippen LogP contribution in [0.2, 0.25) is 0 Å². The Kier molecular flexibility index (Phi) is 4.31. The van der Waals surface area contributed by atoms with Crippen LogP contribution in [0.5, 0.6) is 0 Å². The third-order valence-electron chi connectivity index (χ3n) is 2.94. The maximum absolute atomic E-state index is 10.8. The molecule has 0 saturated heterocycles. The number of tetrazole rings is 1. The van der Waals surface area contributed by atoms with E-state index in [-0.39, 0.29) is 17.8 Å². The first kappa shape index (κ1) is 15.5. The van der Waals surface area contributed by atoms with Crippen molar-refractivity contribution in [1.29, 1.82) is 0 Å². The fourth-order valence-electron chi connectivity index (χ4n) is 1.98. The first-order valence-electron chi connectivity index (χ1n) is 6.60. The first-order valence-corrected chi connectivity index (χ1v) is 7.37. The highest BCUT2D eigenvalue weighted by Crippen LogP contribution is 2.32. The zero-order valence-corrected chi connectivity index (χ0v) is 13.3. The summed E-state index contributed by atoms with van der Waals surface area (Å²) in [7, 11) is 0. The molecule has 0 radical (unpaired) electrons. The largest absolute Gasteiger partial charge is 0.481 e. The second kappa shape index (κ2) is 5.84. The van der Waals surface area contributed by atoms with E-state index < -0.39 is 5.97 Å². The molecule has 8 nitrogen and oxygen atoms in total. The number of rotatable bonds is 5. The van der Waals surface area contributed by atoms with Gasteiger partial charge in [0.25, 0.3) is 0 Å². The van der Waals surface area contributed by atoms with Gasteiger partial charge in [-0.25, -0.2) is 4.68 Å². The van der Waals surface area contributed by atoms with Gasteiger partial charge in [-0.3, -0.25) is 4.79 Å². The average Bonchev–Trinajstić information content (AvgIpc) is 2.93. The Morgan fingerprint density at radius 3 is 2.71 bits per heavy atom. The third kappa shape index (κ3) is 3.60. The molecule has 0 amide bonds. The minimum Gasteiger partial charge on any atom is -0.481 e. The number of carboxylic acids is 1. The van der Waals surface area contributed by atoms with E-state index in [0.29, 0.717) is 12.4 Å². The second-order valence-corrected chi connectivity index (χ2v) is 6.84. The SMILES string of the molecule is CC(CC(=O)O)Cn1nnnc1-c1snnc1C(C)(C)C. The highest BCUT2D eigenvalue weighted by atomic mass is 32.1. The van der Waals surface area contributed by atoms with Crippen LogP contribution < -0.4 is 0 Å². The summed E-state index contributed by atoms with van der Waals surface area (Å²) in [6.45, 7) is 8.45. The molecule has 2 rings (SSSR count). The number of carbonyl (C=O) groups is 1. The second-order valence-electron chi connectivity index (χ2n) is 6.09. The molecule has 21 heavy (non-hydrogen) atoms. The lowest BCUT2D eigenvalue weighted by Gasteiger charge is -2.16. The van der Waals surface area contributed by atoms with E-state index in [9.17, 15) is 4.79 Å². The molecule has 1 unspecified atom stereocenters. The highest BCUT2D eigenvalue weighted by Gasteiger charge is 2.26. The molecule has 0 aliphatic carbocycles. The van der Waals surface area contributed by atoms with E-state index in [0.717, 1.165) is 10.6 Å². The predicted octanol–water partition coefficient (Wildman–Crippen LogP) is 1.60. The van der Waals surface area contributed by atoms with Gasteiger partial charge in [-0.1, -0.05) is 32.2 Å². The molecular weight excluding hydrogens is 292 g/mol. The minimum absolute atomic E-state index is 0.0660. The zero-order chi connectivity index (χ0) is 15.6. The Labute approximate surface area is 126 Å². The van der Waals surface area contributed by atoms with Crippen LogP contribution in [-0.4, -0.2) is 40.9 Å². The molecule has 1 N–H and O–H groups in total. The molecule has 0 aromatic carbocycles. The number of hydrogen-bond donors (Lipinski definition) is 1. The zero-order valence-electron chi connectivity index (χ0n) is 12.4. The van der Waals surface area contributed by atoms with Crippen LogP contribution in [0.25, 0.3) is 10.7 Å². The Morgan fingerprint density at radius 2 is 2.10 bits per heavy atom. The predicted molar refractivity (Wildman–Crippen MR) is 76.8 cm³/mol. The van der Waals surface area contributed by atoms with Crippen LogP contribution in [0.1, 0.15) is 39.8 Å². The summed E-state index contributed by atoms with van der Waals surface area (Å²) >= 11 is 1.25. The Morgan fingerprint density at radius 1 is 1.38 bits per heavy atom. The van der Waals surface area contributed by atoms with Gasteiger partial charge in [0.2, 0.25) is 0 Å². The standard InChI is InChI=1S/C12H18N6O2S/c1-7(5-8(19)20)6-18-11(14-15-16-18)9-10(12(2,3)4)13-17-21-9/h7H,5-6H2,1-4H3,(H,19,20). The topological polar surface area (TPSA) is 107 Å².